The van der Waals surface area contributed by atoms with Crippen LogP contribution < -0.4 is 10.6 Å². The van der Waals surface area contributed by atoms with E-state index >= 15 is 0 Å². The third kappa shape index (κ3) is 4.79. The fourth-order valence-electron chi connectivity index (χ4n) is 5.81. The van der Waals surface area contributed by atoms with Gasteiger partial charge in [-0.15, -0.1) is 0 Å². The zero-order valence-corrected chi connectivity index (χ0v) is 23.8. The lowest BCUT2D eigenvalue weighted by atomic mass is 9.88. The Balaban J connectivity index is 1.14. The number of rotatable bonds is 7. The third-order valence-electron chi connectivity index (χ3n) is 8.10. The summed E-state index contributed by atoms with van der Waals surface area (Å²) in [5, 5.41) is 12.8. The van der Waals surface area contributed by atoms with Crippen molar-refractivity contribution < 1.29 is 27.9 Å². The number of amides is 2. The second kappa shape index (κ2) is 10.6. The molecule has 3 heterocycles. The molecule has 2 amide bonds. The molecule has 1 aliphatic carbocycles. The number of fused-ring (bicyclic) bond motifs is 4. The van der Waals surface area contributed by atoms with Gasteiger partial charge in [-0.05, 0) is 66.6 Å². The highest BCUT2D eigenvalue weighted by Gasteiger charge is 2.50. The highest BCUT2D eigenvalue weighted by Crippen LogP contribution is 2.48. The van der Waals surface area contributed by atoms with Crippen molar-refractivity contribution in [3.05, 3.63) is 106 Å². The molecule has 3 N–H and O–H groups in total. The fourth-order valence-corrected chi connectivity index (χ4v) is 5.98. The minimum absolute atomic E-state index is 0.0158. The Morgan fingerprint density at radius 3 is 2.66 bits per heavy atom. The molecule has 3 aromatic carbocycles. The Kier molecular flexibility index (Phi) is 6.69. The van der Waals surface area contributed by atoms with Gasteiger partial charge in [-0.1, -0.05) is 29.8 Å². The molecule has 1 atom stereocenters. The second-order valence-electron chi connectivity index (χ2n) is 10.9. The number of benzene rings is 3. The first kappa shape index (κ1) is 27.8. The first-order chi connectivity index (χ1) is 21.2. The smallest absolute Gasteiger partial charge is 0.357 e. The van der Waals surface area contributed by atoms with Gasteiger partial charge in [0.25, 0.3) is 5.91 Å². The number of carbonyl (C=O) groups is 3. The lowest BCUT2D eigenvalue weighted by Gasteiger charge is -2.38. The van der Waals surface area contributed by atoms with Crippen molar-refractivity contribution in [2.45, 2.75) is 37.5 Å². The van der Waals surface area contributed by atoms with Gasteiger partial charge in [0.15, 0.2) is 11.5 Å². The van der Waals surface area contributed by atoms with Crippen LogP contribution in [0.3, 0.4) is 0 Å². The molecule has 12 heteroatoms. The lowest BCUT2D eigenvalue weighted by molar-refractivity contribution is -0.118. The van der Waals surface area contributed by atoms with Crippen LogP contribution in [0.2, 0.25) is 5.02 Å². The molecule has 1 saturated carbocycles. The average molecular weight is 616 g/mol. The van der Waals surface area contributed by atoms with Gasteiger partial charge in [0.05, 0.1) is 16.2 Å². The first-order valence-electron chi connectivity index (χ1n) is 14.0. The number of anilines is 1. The van der Waals surface area contributed by atoms with Crippen LogP contribution in [0.1, 0.15) is 45.8 Å². The number of carbonyl (C=O) groups excluding carboxylic acids is 3. The van der Waals surface area contributed by atoms with Crippen LogP contribution in [-0.2, 0) is 21.7 Å². The van der Waals surface area contributed by atoms with E-state index in [4.69, 9.17) is 16.3 Å². The van der Waals surface area contributed by atoms with Crippen LogP contribution in [0, 0.1) is 11.6 Å². The van der Waals surface area contributed by atoms with Crippen molar-refractivity contribution in [3.63, 3.8) is 0 Å². The summed E-state index contributed by atoms with van der Waals surface area (Å²) in [7, 11) is 0. The maximum absolute atomic E-state index is 14.5. The van der Waals surface area contributed by atoms with Crippen LogP contribution in [0.5, 0.6) is 0 Å². The summed E-state index contributed by atoms with van der Waals surface area (Å²) < 4.78 is 36.1. The second-order valence-corrected chi connectivity index (χ2v) is 11.4. The molecule has 0 radical (unpaired) electrons. The average Bonchev–Trinajstić information content (AvgIpc) is 3.68. The van der Waals surface area contributed by atoms with Crippen molar-refractivity contribution in [1.29, 1.82) is 0 Å². The summed E-state index contributed by atoms with van der Waals surface area (Å²) in [5.74, 6) is -2.76. The van der Waals surface area contributed by atoms with Gasteiger partial charge < -0.3 is 15.4 Å². The van der Waals surface area contributed by atoms with E-state index in [2.05, 4.69) is 20.8 Å². The number of hydrogen-bond acceptors (Lipinski definition) is 5. The van der Waals surface area contributed by atoms with Crippen LogP contribution in [0.25, 0.3) is 22.2 Å². The molecule has 1 aliphatic heterocycles. The van der Waals surface area contributed by atoms with Gasteiger partial charge in [-0.2, -0.15) is 5.10 Å². The number of aromatic amines is 1. The van der Waals surface area contributed by atoms with Crippen molar-refractivity contribution in [3.8, 4) is 11.3 Å². The quantitative estimate of drug-likeness (QED) is 0.196. The zero-order valence-electron chi connectivity index (χ0n) is 23.0. The van der Waals surface area contributed by atoms with E-state index in [-0.39, 0.29) is 34.4 Å². The van der Waals surface area contributed by atoms with E-state index in [1.807, 2.05) is 10.6 Å². The van der Waals surface area contributed by atoms with Crippen LogP contribution in [0.4, 0.5) is 14.5 Å². The molecule has 1 unspecified atom stereocenters. The molecular formula is C32H24ClF2N5O4. The predicted octanol–water partition coefficient (Wildman–Crippen LogP) is 5.95. The maximum atomic E-state index is 14.5. The fraction of sp³-hybridized carbons (Fsp3) is 0.188. The number of nitrogens with one attached hydrogen (secondary N) is 3. The van der Waals surface area contributed by atoms with Gasteiger partial charge in [0.1, 0.15) is 23.2 Å². The van der Waals surface area contributed by atoms with Gasteiger partial charge in [0.2, 0.25) is 5.91 Å². The minimum atomic E-state index is -1.12. The Bertz CT molecular complexity index is 1980. The van der Waals surface area contributed by atoms with Gasteiger partial charge in [-0.25, -0.2) is 13.6 Å². The van der Waals surface area contributed by atoms with E-state index in [0.29, 0.717) is 16.9 Å². The van der Waals surface area contributed by atoms with Gasteiger partial charge in [-0.3, -0.25) is 19.3 Å². The summed E-state index contributed by atoms with van der Waals surface area (Å²) in [6, 6.07) is 17.4. The number of esters is 1. The Hall–Kier alpha value is -5.03. The summed E-state index contributed by atoms with van der Waals surface area (Å²) >= 11 is 5.89. The van der Waals surface area contributed by atoms with Crippen molar-refractivity contribution in [2.75, 3.05) is 5.32 Å². The van der Waals surface area contributed by atoms with E-state index in [0.717, 1.165) is 30.2 Å². The molecule has 5 aromatic rings. The van der Waals surface area contributed by atoms with Crippen LogP contribution in [0.15, 0.2) is 72.8 Å². The molecule has 222 valence electrons. The van der Waals surface area contributed by atoms with Gasteiger partial charge in [0, 0.05) is 35.9 Å². The number of H-pyrrole nitrogens is 1. The van der Waals surface area contributed by atoms with Crippen LogP contribution >= 0.6 is 11.6 Å². The topological polar surface area (TPSA) is 118 Å². The Morgan fingerprint density at radius 2 is 1.89 bits per heavy atom. The standard InChI is InChI=1S/C32H24ClF2N5O4/c33-22-7-2-6-21(28(22)35)23-16-25(39-38-23)30(42)37-24(13-17-4-1-5-19(34)12-17)29(41)36-20-8-9-26-18(14-20)15-27-31(43)44-32(40(26)27)10-3-11-32/h1-2,4-9,12,14-16,24H,3,10-11,13H2,(H,36,41)(H,37,42)(H,38,39). The zero-order chi connectivity index (χ0) is 30.6. The van der Waals surface area contributed by atoms with Crippen molar-refractivity contribution in [1.82, 2.24) is 20.1 Å². The number of halogens is 3. The van der Waals surface area contributed by atoms with E-state index in [1.54, 1.807) is 30.3 Å². The minimum Gasteiger partial charge on any atom is -0.434 e. The molecule has 7 rings (SSSR count). The number of nitrogens with zero attached hydrogens (tertiary/aromatic N) is 2. The molecule has 44 heavy (non-hydrogen) atoms. The Morgan fingerprint density at radius 1 is 1.07 bits per heavy atom. The molecule has 9 nitrogen and oxygen atoms in total. The number of hydrogen-bond donors (Lipinski definition) is 3. The molecular weight excluding hydrogens is 592 g/mol. The highest BCUT2D eigenvalue weighted by molar-refractivity contribution is 6.31. The van der Waals surface area contributed by atoms with E-state index < -0.39 is 35.2 Å². The van der Waals surface area contributed by atoms with Gasteiger partial charge >= 0.3 is 5.97 Å². The summed E-state index contributed by atoms with van der Waals surface area (Å²) in [4.78, 5) is 39.3. The molecule has 0 bridgehead atoms. The molecule has 1 spiro atoms. The summed E-state index contributed by atoms with van der Waals surface area (Å²) in [5.41, 5.74) is 1.83. The Labute approximate surface area is 254 Å². The largest absolute Gasteiger partial charge is 0.434 e. The monoisotopic (exact) mass is 615 g/mol. The summed E-state index contributed by atoms with van der Waals surface area (Å²) in [6.07, 6.45) is 2.45. The van der Waals surface area contributed by atoms with E-state index in [1.165, 1.54) is 36.4 Å². The van der Waals surface area contributed by atoms with E-state index in [9.17, 15) is 23.2 Å². The predicted molar refractivity (Wildman–Crippen MR) is 158 cm³/mol. The highest BCUT2D eigenvalue weighted by atomic mass is 35.5. The van der Waals surface area contributed by atoms with Crippen LogP contribution in [-0.4, -0.2) is 38.6 Å². The molecule has 0 saturated heterocycles. The SMILES string of the molecule is O=C(NC(Cc1cccc(F)c1)C(=O)Nc1ccc2c(c1)cc1n2C2(CCC2)OC1=O)c1cc(-c2cccc(Cl)c2F)n[nH]1. The van der Waals surface area contributed by atoms with Crippen molar-refractivity contribution >= 4 is 46.0 Å². The first-order valence-corrected chi connectivity index (χ1v) is 14.3. The molecule has 2 aromatic heterocycles. The number of ether oxygens (including phenoxy) is 1. The maximum Gasteiger partial charge on any atom is 0.357 e. The normalized spacial score (nSPS) is 15.5. The summed E-state index contributed by atoms with van der Waals surface area (Å²) in [6.45, 7) is 0. The van der Waals surface area contributed by atoms with Crippen molar-refractivity contribution in [2.24, 2.45) is 0 Å². The third-order valence-corrected chi connectivity index (χ3v) is 8.40. The molecule has 2 aliphatic rings. The number of aromatic nitrogens is 3. The molecule has 1 fully saturated rings. The lowest BCUT2D eigenvalue weighted by Crippen LogP contribution is -2.45.